The van der Waals surface area contributed by atoms with E-state index >= 15 is 0 Å². The first-order valence-electron chi connectivity index (χ1n) is 7.38. The van der Waals surface area contributed by atoms with Gasteiger partial charge in [-0.15, -0.1) is 0 Å². The summed E-state index contributed by atoms with van der Waals surface area (Å²) in [7, 11) is 2.00. The second kappa shape index (κ2) is 5.02. The average Bonchev–Trinajstić information content (AvgIpc) is 2.92. The third-order valence-corrected chi connectivity index (χ3v) is 4.22. The number of aryl methyl sites for hydroxylation is 3. The second-order valence-electron chi connectivity index (χ2n) is 5.67. The molecule has 1 N–H and O–H groups in total. The third kappa shape index (κ3) is 2.14. The van der Waals surface area contributed by atoms with Crippen molar-refractivity contribution in [3.05, 3.63) is 29.0 Å². The maximum atomic E-state index is 12.1. The third-order valence-electron chi connectivity index (χ3n) is 4.22. The van der Waals surface area contributed by atoms with Crippen LogP contribution in [-0.4, -0.2) is 25.2 Å². The first-order valence-corrected chi connectivity index (χ1v) is 7.38. The number of rotatable bonds is 3. The Labute approximate surface area is 124 Å². The van der Waals surface area contributed by atoms with Gasteiger partial charge in [0.25, 0.3) is 0 Å². The number of amides is 1. The summed E-state index contributed by atoms with van der Waals surface area (Å²) in [4.78, 5) is 16.5. The lowest BCUT2D eigenvalue weighted by Crippen LogP contribution is -2.26. The number of anilines is 1. The smallest absolute Gasteiger partial charge is 0.226 e. The van der Waals surface area contributed by atoms with Crippen molar-refractivity contribution in [1.82, 2.24) is 19.3 Å². The van der Waals surface area contributed by atoms with Gasteiger partial charge in [0.1, 0.15) is 11.6 Å². The summed E-state index contributed by atoms with van der Waals surface area (Å²) in [5.41, 5.74) is 3.19. The molecule has 6 nitrogen and oxygen atoms in total. The minimum atomic E-state index is 0.0329. The molecule has 0 aliphatic carbocycles. The average molecular weight is 287 g/mol. The molecule has 0 bridgehead atoms. The van der Waals surface area contributed by atoms with Crippen LogP contribution >= 0.6 is 0 Å². The van der Waals surface area contributed by atoms with Gasteiger partial charge in [0, 0.05) is 43.4 Å². The number of carbonyl (C=O) groups is 1. The molecule has 112 valence electrons. The Bertz CT molecular complexity index is 697. The van der Waals surface area contributed by atoms with Crippen LogP contribution in [0.3, 0.4) is 0 Å². The molecule has 21 heavy (non-hydrogen) atoms. The normalized spacial score (nSPS) is 17.7. The number of carbonyl (C=O) groups excluding carboxylic acids is 1. The van der Waals surface area contributed by atoms with E-state index in [-0.39, 0.29) is 11.8 Å². The van der Waals surface area contributed by atoms with E-state index in [1.54, 1.807) is 0 Å². The first kappa shape index (κ1) is 13.9. The largest absolute Gasteiger partial charge is 0.335 e. The highest BCUT2D eigenvalue weighted by molar-refractivity contribution is 5.94. The fraction of sp³-hybridized carbons (Fsp3) is 0.533. The zero-order valence-corrected chi connectivity index (χ0v) is 13.0. The van der Waals surface area contributed by atoms with Gasteiger partial charge in [-0.3, -0.25) is 4.79 Å². The number of hydrogen-bond acceptors (Lipinski definition) is 3. The van der Waals surface area contributed by atoms with Crippen molar-refractivity contribution in [3.63, 3.8) is 0 Å². The van der Waals surface area contributed by atoms with Gasteiger partial charge in [-0.25, -0.2) is 9.67 Å². The van der Waals surface area contributed by atoms with E-state index in [1.807, 2.05) is 31.8 Å². The van der Waals surface area contributed by atoms with Crippen molar-refractivity contribution >= 4 is 11.7 Å². The zero-order chi connectivity index (χ0) is 15.1. The molecular formula is C15H21N5O. The van der Waals surface area contributed by atoms with Crippen LogP contribution in [0.1, 0.15) is 48.5 Å². The van der Waals surface area contributed by atoms with Gasteiger partial charge < -0.3 is 9.88 Å². The van der Waals surface area contributed by atoms with Crippen LogP contribution in [0.5, 0.6) is 0 Å². The van der Waals surface area contributed by atoms with Crippen molar-refractivity contribution in [1.29, 1.82) is 0 Å². The molecule has 1 atom stereocenters. The van der Waals surface area contributed by atoms with Crippen molar-refractivity contribution in [2.24, 2.45) is 7.05 Å². The Morgan fingerprint density at radius 2 is 2.19 bits per heavy atom. The molecule has 0 fully saturated rings. The molecule has 1 aliphatic rings. The fourth-order valence-corrected chi connectivity index (χ4v) is 3.08. The quantitative estimate of drug-likeness (QED) is 0.940. The van der Waals surface area contributed by atoms with Gasteiger partial charge in [-0.2, -0.15) is 5.10 Å². The van der Waals surface area contributed by atoms with E-state index < -0.39 is 0 Å². The van der Waals surface area contributed by atoms with E-state index in [4.69, 9.17) is 0 Å². The van der Waals surface area contributed by atoms with Crippen molar-refractivity contribution < 1.29 is 4.79 Å². The van der Waals surface area contributed by atoms with Crippen LogP contribution in [0, 0.1) is 13.8 Å². The van der Waals surface area contributed by atoms with Gasteiger partial charge >= 0.3 is 0 Å². The molecule has 0 saturated heterocycles. The van der Waals surface area contributed by atoms with Crippen LogP contribution in [0.4, 0.5) is 5.82 Å². The van der Waals surface area contributed by atoms with E-state index in [1.165, 1.54) is 0 Å². The molecular weight excluding hydrogens is 266 g/mol. The Hall–Kier alpha value is -2.11. The predicted octanol–water partition coefficient (Wildman–Crippen LogP) is 2.12. The molecule has 1 unspecified atom stereocenters. The van der Waals surface area contributed by atoms with Gasteiger partial charge in [0.15, 0.2) is 0 Å². The number of nitrogens with one attached hydrogen (secondary N) is 1. The molecule has 2 aromatic rings. The van der Waals surface area contributed by atoms with Crippen LogP contribution < -0.4 is 5.32 Å². The number of aromatic nitrogens is 4. The molecule has 3 heterocycles. The van der Waals surface area contributed by atoms with Crippen LogP contribution in [0.15, 0.2) is 6.20 Å². The summed E-state index contributed by atoms with van der Waals surface area (Å²) >= 11 is 0. The zero-order valence-electron chi connectivity index (χ0n) is 13.0. The van der Waals surface area contributed by atoms with E-state index in [9.17, 15) is 4.79 Å². The van der Waals surface area contributed by atoms with Gasteiger partial charge in [0.2, 0.25) is 5.91 Å². The van der Waals surface area contributed by atoms with Crippen molar-refractivity contribution in [2.75, 3.05) is 5.32 Å². The monoisotopic (exact) mass is 287 g/mol. The second-order valence-corrected chi connectivity index (χ2v) is 5.67. The van der Waals surface area contributed by atoms with E-state index in [0.717, 1.165) is 41.6 Å². The summed E-state index contributed by atoms with van der Waals surface area (Å²) in [6.45, 7) is 6.91. The lowest BCUT2D eigenvalue weighted by atomic mass is 9.89. The lowest BCUT2D eigenvalue weighted by Gasteiger charge is -2.24. The Kier molecular flexibility index (Phi) is 3.31. The Morgan fingerprint density at radius 3 is 2.81 bits per heavy atom. The first-order chi connectivity index (χ1) is 10.0. The maximum Gasteiger partial charge on any atom is 0.226 e. The topological polar surface area (TPSA) is 64.7 Å². The molecule has 2 aromatic heterocycles. The SMILES string of the molecule is CCCn1nc(C)c2c1NC(=O)CC2c1cnc(C)n1C. The van der Waals surface area contributed by atoms with Crippen LogP contribution in [0.25, 0.3) is 0 Å². The molecule has 0 aromatic carbocycles. The number of hydrogen-bond donors (Lipinski definition) is 1. The summed E-state index contributed by atoms with van der Waals surface area (Å²) in [5, 5.41) is 7.59. The van der Waals surface area contributed by atoms with Crippen molar-refractivity contribution in [2.45, 2.75) is 46.1 Å². The van der Waals surface area contributed by atoms with Gasteiger partial charge in [-0.1, -0.05) is 6.92 Å². The Balaban J connectivity index is 2.14. The number of fused-ring (bicyclic) bond motifs is 1. The van der Waals surface area contributed by atoms with Gasteiger partial charge in [0.05, 0.1) is 5.69 Å². The lowest BCUT2D eigenvalue weighted by molar-refractivity contribution is -0.116. The molecule has 0 radical (unpaired) electrons. The predicted molar refractivity (Wildman–Crippen MR) is 80.3 cm³/mol. The van der Waals surface area contributed by atoms with Crippen LogP contribution in [-0.2, 0) is 18.4 Å². The standard InChI is InChI=1S/C15H21N5O/c1-5-6-20-15-14(9(2)18-20)11(7-13(21)17-15)12-8-16-10(3)19(12)4/h8,11H,5-7H2,1-4H3,(H,17,21). The minimum Gasteiger partial charge on any atom is -0.335 e. The summed E-state index contributed by atoms with van der Waals surface area (Å²) in [5.74, 6) is 1.89. The van der Waals surface area contributed by atoms with E-state index in [0.29, 0.717) is 6.42 Å². The summed E-state index contributed by atoms with van der Waals surface area (Å²) in [6, 6.07) is 0. The Morgan fingerprint density at radius 1 is 1.43 bits per heavy atom. The van der Waals surface area contributed by atoms with E-state index in [2.05, 4.69) is 26.9 Å². The molecule has 6 heteroatoms. The van der Waals surface area contributed by atoms with Crippen molar-refractivity contribution in [3.8, 4) is 0 Å². The van der Waals surface area contributed by atoms with Crippen LogP contribution in [0.2, 0.25) is 0 Å². The molecule has 1 amide bonds. The van der Waals surface area contributed by atoms with Gasteiger partial charge in [-0.05, 0) is 20.3 Å². The number of nitrogens with zero attached hydrogens (tertiary/aromatic N) is 4. The number of imidazole rings is 1. The highest BCUT2D eigenvalue weighted by atomic mass is 16.1. The molecule has 3 rings (SSSR count). The maximum absolute atomic E-state index is 12.1. The highest BCUT2D eigenvalue weighted by Gasteiger charge is 2.33. The molecule has 0 saturated carbocycles. The molecule has 1 aliphatic heterocycles. The fourth-order valence-electron chi connectivity index (χ4n) is 3.08. The highest BCUT2D eigenvalue weighted by Crippen LogP contribution is 2.39. The molecule has 0 spiro atoms. The summed E-state index contributed by atoms with van der Waals surface area (Å²) < 4.78 is 3.97. The summed E-state index contributed by atoms with van der Waals surface area (Å²) in [6.07, 6.45) is 3.31. The minimum absolute atomic E-state index is 0.0329.